The van der Waals surface area contributed by atoms with Crippen molar-refractivity contribution in [2.45, 2.75) is 0 Å². The second kappa shape index (κ2) is 8.53. The zero-order chi connectivity index (χ0) is 21.1. The number of hydrogen-bond donors (Lipinski definition) is 1. The van der Waals surface area contributed by atoms with E-state index in [0.717, 1.165) is 0 Å². The number of para-hydroxylation sites is 1. The molecule has 4 aromatic carbocycles. The quantitative estimate of drug-likeness (QED) is 0.204. The van der Waals surface area contributed by atoms with Crippen molar-refractivity contribution < 1.29 is 14.6 Å². The SMILES string of the molecule is O=C(Oc1ccccc1)c1cc2ccccc2c(N=Nc2cc(Cl)ccc2Cl)c1O. The van der Waals surface area contributed by atoms with Crippen LogP contribution in [0.5, 0.6) is 11.5 Å². The average Bonchev–Trinajstić information content (AvgIpc) is 2.75. The lowest BCUT2D eigenvalue weighted by Gasteiger charge is -2.10. The average molecular weight is 437 g/mol. The van der Waals surface area contributed by atoms with Crippen molar-refractivity contribution in [1.82, 2.24) is 0 Å². The maximum absolute atomic E-state index is 12.7. The van der Waals surface area contributed by atoms with E-state index in [9.17, 15) is 9.90 Å². The fraction of sp³-hybridized carbons (Fsp3) is 0. The molecular formula is C23H14Cl2N2O3. The molecule has 0 saturated carbocycles. The van der Waals surface area contributed by atoms with Crippen molar-refractivity contribution in [2.24, 2.45) is 10.2 Å². The number of phenols is 1. The summed E-state index contributed by atoms with van der Waals surface area (Å²) < 4.78 is 5.37. The number of hydrogen-bond acceptors (Lipinski definition) is 5. The Bertz CT molecular complexity index is 1270. The molecule has 0 atom stereocenters. The number of phenolic OH excluding ortho intramolecular Hbond substituents is 1. The van der Waals surface area contributed by atoms with Gasteiger partial charge in [0.1, 0.15) is 22.7 Å². The van der Waals surface area contributed by atoms with Crippen LogP contribution in [0.15, 0.2) is 89.1 Å². The molecule has 0 amide bonds. The van der Waals surface area contributed by atoms with Crippen molar-refractivity contribution in [2.75, 3.05) is 0 Å². The Morgan fingerprint density at radius 1 is 0.867 bits per heavy atom. The molecule has 5 nitrogen and oxygen atoms in total. The zero-order valence-corrected chi connectivity index (χ0v) is 16.9. The van der Waals surface area contributed by atoms with Gasteiger partial charge in [-0.1, -0.05) is 65.7 Å². The fourth-order valence-corrected chi connectivity index (χ4v) is 3.21. The van der Waals surface area contributed by atoms with Crippen LogP contribution in [0, 0.1) is 0 Å². The fourth-order valence-electron chi connectivity index (χ4n) is 2.89. The molecule has 0 saturated heterocycles. The summed E-state index contributed by atoms with van der Waals surface area (Å²) in [5, 5.41) is 21.2. The molecule has 0 spiro atoms. The molecule has 1 N–H and O–H groups in total. The third kappa shape index (κ3) is 4.13. The molecule has 7 heteroatoms. The first-order valence-corrected chi connectivity index (χ1v) is 9.67. The number of carbonyl (C=O) groups excluding carboxylic acids is 1. The Hall–Kier alpha value is -3.41. The van der Waals surface area contributed by atoms with Crippen molar-refractivity contribution >= 4 is 51.3 Å². The van der Waals surface area contributed by atoms with E-state index in [2.05, 4.69) is 10.2 Å². The first-order valence-electron chi connectivity index (χ1n) is 8.91. The van der Waals surface area contributed by atoms with Gasteiger partial charge in [-0.05, 0) is 41.8 Å². The van der Waals surface area contributed by atoms with Crippen molar-refractivity contribution in [3.8, 4) is 11.5 Å². The molecule has 0 fully saturated rings. The summed E-state index contributed by atoms with van der Waals surface area (Å²) >= 11 is 12.1. The first-order chi connectivity index (χ1) is 14.5. The Labute approximate surface area is 182 Å². The highest BCUT2D eigenvalue weighted by molar-refractivity contribution is 6.35. The molecule has 0 aliphatic rings. The minimum absolute atomic E-state index is 0.0244. The summed E-state index contributed by atoms with van der Waals surface area (Å²) in [4.78, 5) is 12.7. The van der Waals surface area contributed by atoms with Crippen molar-refractivity contribution in [1.29, 1.82) is 0 Å². The lowest BCUT2D eigenvalue weighted by atomic mass is 10.0. The first kappa shape index (κ1) is 19.9. The van der Waals surface area contributed by atoms with Crippen LogP contribution in [-0.4, -0.2) is 11.1 Å². The molecule has 0 aliphatic carbocycles. The molecule has 148 valence electrons. The van der Waals surface area contributed by atoms with E-state index in [4.69, 9.17) is 27.9 Å². The molecule has 4 rings (SSSR count). The number of rotatable bonds is 4. The second-order valence-corrected chi connectivity index (χ2v) is 7.18. The van der Waals surface area contributed by atoms with Crippen LogP contribution in [0.25, 0.3) is 10.8 Å². The number of ether oxygens (including phenoxy) is 1. The van der Waals surface area contributed by atoms with Gasteiger partial charge in [-0.15, -0.1) is 10.2 Å². The van der Waals surface area contributed by atoms with Gasteiger partial charge < -0.3 is 9.84 Å². The molecule has 0 radical (unpaired) electrons. The Morgan fingerprint density at radius 2 is 1.60 bits per heavy atom. The standard InChI is InChI=1S/C23H14Cl2N2O3/c24-15-10-11-19(25)20(13-15)26-27-21-17-9-5-4-6-14(17)12-18(22(21)28)23(29)30-16-7-2-1-3-8-16/h1-13,28H. The smallest absolute Gasteiger partial charge is 0.347 e. The van der Waals surface area contributed by atoms with Crippen LogP contribution in [0.4, 0.5) is 11.4 Å². The predicted molar refractivity (Wildman–Crippen MR) is 118 cm³/mol. The summed E-state index contributed by atoms with van der Waals surface area (Å²) in [6.45, 7) is 0. The normalized spacial score (nSPS) is 11.1. The van der Waals surface area contributed by atoms with E-state index >= 15 is 0 Å². The summed E-state index contributed by atoms with van der Waals surface area (Å²) in [5.41, 5.74) is 0.442. The van der Waals surface area contributed by atoms with E-state index in [1.54, 1.807) is 66.7 Å². The van der Waals surface area contributed by atoms with Crippen LogP contribution < -0.4 is 4.74 Å². The summed E-state index contributed by atoms with van der Waals surface area (Å²) in [7, 11) is 0. The summed E-state index contributed by atoms with van der Waals surface area (Å²) in [5.74, 6) is -0.679. The molecule has 0 heterocycles. The predicted octanol–water partition coefficient (Wildman–Crippen LogP) is 7.49. The maximum Gasteiger partial charge on any atom is 0.347 e. The van der Waals surface area contributed by atoms with Crippen LogP contribution in [0.2, 0.25) is 10.0 Å². The number of aromatic hydroxyl groups is 1. The van der Waals surface area contributed by atoms with Gasteiger partial charge in [0.25, 0.3) is 0 Å². The van der Waals surface area contributed by atoms with Gasteiger partial charge in [-0.3, -0.25) is 0 Å². The van der Waals surface area contributed by atoms with E-state index in [-0.39, 0.29) is 17.0 Å². The Balaban J connectivity index is 1.80. The molecule has 0 bridgehead atoms. The lowest BCUT2D eigenvalue weighted by molar-refractivity contribution is 0.0732. The van der Waals surface area contributed by atoms with Gasteiger partial charge in [0.15, 0.2) is 5.75 Å². The molecule has 4 aromatic rings. The molecule has 0 unspecified atom stereocenters. The largest absolute Gasteiger partial charge is 0.505 e. The highest BCUT2D eigenvalue weighted by Crippen LogP contribution is 2.40. The van der Waals surface area contributed by atoms with Crippen LogP contribution in [-0.2, 0) is 0 Å². The summed E-state index contributed by atoms with van der Waals surface area (Å²) in [6, 6.07) is 22.2. The second-order valence-electron chi connectivity index (χ2n) is 6.34. The van der Waals surface area contributed by atoms with E-state index in [1.165, 1.54) is 0 Å². The molecule has 30 heavy (non-hydrogen) atoms. The number of halogens is 2. The number of carbonyl (C=O) groups is 1. The van der Waals surface area contributed by atoms with Crippen LogP contribution in [0.1, 0.15) is 10.4 Å². The molecule has 0 aromatic heterocycles. The monoisotopic (exact) mass is 436 g/mol. The summed E-state index contributed by atoms with van der Waals surface area (Å²) in [6.07, 6.45) is 0. The maximum atomic E-state index is 12.7. The Kier molecular flexibility index (Phi) is 5.65. The van der Waals surface area contributed by atoms with Gasteiger partial charge in [0, 0.05) is 10.4 Å². The number of fused-ring (bicyclic) bond motifs is 1. The topological polar surface area (TPSA) is 71.2 Å². The van der Waals surface area contributed by atoms with Gasteiger partial charge >= 0.3 is 5.97 Å². The number of azo groups is 1. The van der Waals surface area contributed by atoms with Gasteiger partial charge in [0.05, 0.1) is 5.02 Å². The van der Waals surface area contributed by atoms with Crippen LogP contribution >= 0.6 is 23.2 Å². The number of esters is 1. The van der Waals surface area contributed by atoms with E-state index in [1.807, 2.05) is 12.1 Å². The van der Waals surface area contributed by atoms with Crippen molar-refractivity contribution in [3.63, 3.8) is 0 Å². The highest BCUT2D eigenvalue weighted by Gasteiger charge is 2.20. The third-order valence-corrected chi connectivity index (χ3v) is 4.89. The van der Waals surface area contributed by atoms with Gasteiger partial charge in [-0.2, -0.15) is 0 Å². The minimum Gasteiger partial charge on any atom is -0.505 e. The minimum atomic E-state index is -0.707. The molecule has 0 aliphatic heterocycles. The van der Waals surface area contributed by atoms with Gasteiger partial charge in [0.2, 0.25) is 0 Å². The van der Waals surface area contributed by atoms with Gasteiger partial charge in [-0.25, -0.2) is 4.79 Å². The molecular weight excluding hydrogens is 423 g/mol. The van der Waals surface area contributed by atoms with Crippen molar-refractivity contribution in [3.05, 3.63) is 94.5 Å². The third-order valence-electron chi connectivity index (χ3n) is 4.33. The lowest BCUT2D eigenvalue weighted by Crippen LogP contribution is -2.08. The van der Waals surface area contributed by atoms with E-state index in [0.29, 0.717) is 32.3 Å². The Morgan fingerprint density at radius 3 is 2.40 bits per heavy atom. The number of nitrogens with zero attached hydrogens (tertiary/aromatic N) is 2. The zero-order valence-electron chi connectivity index (χ0n) is 15.4. The number of benzene rings is 4. The van der Waals surface area contributed by atoms with Crippen LogP contribution in [0.3, 0.4) is 0 Å². The van der Waals surface area contributed by atoms with E-state index < -0.39 is 5.97 Å². The highest BCUT2D eigenvalue weighted by atomic mass is 35.5.